The third kappa shape index (κ3) is 2.99. The predicted octanol–water partition coefficient (Wildman–Crippen LogP) is 3.09. The van der Waals surface area contributed by atoms with Gasteiger partial charge in [0.25, 0.3) is 0 Å². The van der Waals surface area contributed by atoms with E-state index in [9.17, 15) is 0 Å². The highest BCUT2D eigenvalue weighted by Gasteiger charge is 2.15. The molecule has 2 rings (SSSR count). The van der Waals surface area contributed by atoms with Crippen molar-refractivity contribution in [1.29, 1.82) is 0 Å². The van der Waals surface area contributed by atoms with E-state index in [-0.39, 0.29) is 0 Å². The lowest BCUT2D eigenvalue weighted by atomic mass is 9.93. The molecule has 0 spiro atoms. The summed E-state index contributed by atoms with van der Waals surface area (Å²) in [7, 11) is 0. The minimum atomic E-state index is 0.702. The molecule has 1 atom stereocenters. The SMILES string of the molecule is CCNc1ccccc1CC1CCCOC1. The molecule has 16 heavy (non-hydrogen) atoms. The zero-order chi connectivity index (χ0) is 11.2. The van der Waals surface area contributed by atoms with Crippen molar-refractivity contribution >= 4 is 5.69 Å². The predicted molar refractivity (Wildman–Crippen MR) is 67.9 cm³/mol. The molecule has 1 aliphatic rings. The van der Waals surface area contributed by atoms with E-state index in [1.54, 1.807) is 0 Å². The van der Waals surface area contributed by atoms with Crippen molar-refractivity contribution in [2.24, 2.45) is 5.92 Å². The van der Waals surface area contributed by atoms with E-state index in [1.807, 2.05) is 0 Å². The fourth-order valence-corrected chi connectivity index (χ4v) is 2.34. The number of benzene rings is 1. The zero-order valence-electron chi connectivity index (χ0n) is 10.0. The van der Waals surface area contributed by atoms with Crippen LogP contribution in [0.1, 0.15) is 25.3 Å². The summed E-state index contributed by atoms with van der Waals surface area (Å²) >= 11 is 0. The van der Waals surface area contributed by atoms with Gasteiger partial charge < -0.3 is 10.1 Å². The highest BCUT2D eigenvalue weighted by molar-refractivity contribution is 5.51. The van der Waals surface area contributed by atoms with Crippen LogP contribution >= 0.6 is 0 Å². The van der Waals surface area contributed by atoms with Crippen molar-refractivity contribution in [3.05, 3.63) is 29.8 Å². The minimum absolute atomic E-state index is 0.702. The molecule has 1 aromatic rings. The van der Waals surface area contributed by atoms with Gasteiger partial charge in [-0.05, 0) is 43.7 Å². The van der Waals surface area contributed by atoms with Gasteiger partial charge in [-0.15, -0.1) is 0 Å². The third-order valence-electron chi connectivity index (χ3n) is 3.15. The summed E-state index contributed by atoms with van der Waals surface area (Å²) in [6, 6.07) is 8.62. The second-order valence-corrected chi connectivity index (χ2v) is 4.47. The first-order valence-corrected chi connectivity index (χ1v) is 6.29. The Morgan fingerprint density at radius 1 is 1.38 bits per heavy atom. The summed E-state index contributed by atoms with van der Waals surface area (Å²) in [5, 5.41) is 3.42. The standard InChI is InChI=1S/C14H21NO/c1-2-15-14-8-4-3-7-13(14)10-12-6-5-9-16-11-12/h3-4,7-8,12,15H,2,5-6,9-11H2,1H3. The molecule has 1 saturated heterocycles. The van der Waals surface area contributed by atoms with Gasteiger partial charge >= 0.3 is 0 Å². The van der Waals surface area contributed by atoms with Gasteiger partial charge in [-0.1, -0.05) is 18.2 Å². The van der Waals surface area contributed by atoms with Crippen molar-refractivity contribution in [2.45, 2.75) is 26.2 Å². The lowest BCUT2D eigenvalue weighted by Gasteiger charge is -2.23. The van der Waals surface area contributed by atoms with E-state index in [2.05, 4.69) is 36.5 Å². The van der Waals surface area contributed by atoms with Gasteiger partial charge in [0.1, 0.15) is 0 Å². The van der Waals surface area contributed by atoms with Gasteiger partial charge in [0.15, 0.2) is 0 Å². The minimum Gasteiger partial charge on any atom is -0.385 e. The summed E-state index contributed by atoms with van der Waals surface area (Å²) in [5.74, 6) is 0.702. The molecule has 0 aromatic heterocycles. The Balaban J connectivity index is 2.01. The van der Waals surface area contributed by atoms with Crippen molar-refractivity contribution in [3.63, 3.8) is 0 Å². The maximum absolute atomic E-state index is 5.53. The molecule has 1 N–H and O–H groups in total. The van der Waals surface area contributed by atoms with Crippen LogP contribution in [0.4, 0.5) is 5.69 Å². The molecular formula is C14H21NO. The summed E-state index contributed by atoms with van der Waals surface area (Å²) in [6.07, 6.45) is 3.66. The molecule has 1 unspecified atom stereocenters. The van der Waals surface area contributed by atoms with Crippen LogP contribution in [0.2, 0.25) is 0 Å². The Labute approximate surface area is 98.0 Å². The number of para-hydroxylation sites is 1. The number of rotatable bonds is 4. The Kier molecular flexibility index (Phi) is 4.23. The smallest absolute Gasteiger partial charge is 0.0497 e. The van der Waals surface area contributed by atoms with Crippen LogP contribution in [0.15, 0.2) is 24.3 Å². The van der Waals surface area contributed by atoms with E-state index < -0.39 is 0 Å². The largest absolute Gasteiger partial charge is 0.385 e. The summed E-state index contributed by atoms with van der Waals surface area (Å²) in [4.78, 5) is 0. The van der Waals surface area contributed by atoms with Crippen LogP contribution in [0.5, 0.6) is 0 Å². The lowest BCUT2D eigenvalue weighted by molar-refractivity contribution is 0.0551. The zero-order valence-corrected chi connectivity index (χ0v) is 10.0. The van der Waals surface area contributed by atoms with Crippen LogP contribution in [0.25, 0.3) is 0 Å². The quantitative estimate of drug-likeness (QED) is 0.840. The Hall–Kier alpha value is -1.02. The van der Waals surface area contributed by atoms with Gasteiger partial charge in [-0.3, -0.25) is 0 Å². The van der Waals surface area contributed by atoms with Gasteiger partial charge in [0, 0.05) is 25.4 Å². The molecule has 1 aliphatic heterocycles. The first-order chi connectivity index (χ1) is 7.90. The molecule has 0 amide bonds. The summed E-state index contributed by atoms with van der Waals surface area (Å²) < 4.78 is 5.53. The van der Waals surface area contributed by atoms with Gasteiger partial charge in [0.2, 0.25) is 0 Å². The number of ether oxygens (including phenoxy) is 1. The molecule has 2 nitrogen and oxygen atoms in total. The van der Waals surface area contributed by atoms with E-state index >= 15 is 0 Å². The molecule has 1 fully saturated rings. The molecule has 1 heterocycles. The second kappa shape index (κ2) is 5.90. The van der Waals surface area contributed by atoms with Crippen molar-refractivity contribution in [3.8, 4) is 0 Å². The van der Waals surface area contributed by atoms with Gasteiger partial charge in [-0.2, -0.15) is 0 Å². The van der Waals surface area contributed by atoms with Crippen LogP contribution in [0.3, 0.4) is 0 Å². The fourth-order valence-electron chi connectivity index (χ4n) is 2.34. The van der Waals surface area contributed by atoms with E-state index in [1.165, 1.54) is 24.1 Å². The van der Waals surface area contributed by atoms with Crippen LogP contribution in [-0.2, 0) is 11.2 Å². The monoisotopic (exact) mass is 219 g/mol. The number of nitrogens with one attached hydrogen (secondary N) is 1. The molecule has 1 aromatic carbocycles. The van der Waals surface area contributed by atoms with Crippen molar-refractivity contribution < 1.29 is 4.74 Å². The Morgan fingerprint density at radius 2 is 2.25 bits per heavy atom. The summed E-state index contributed by atoms with van der Waals surface area (Å²) in [5.41, 5.74) is 2.72. The molecule has 0 bridgehead atoms. The van der Waals surface area contributed by atoms with Crippen LogP contribution < -0.4 is 5.32 Å². The first kappa shape index (κ1) is 11.5. The maximum atomic E-state index is 5.53. The molecule has 88 valence electrons. The van der Waals surface area contributed by atoms with Crippen molar-refractivity contribution in [1.82, 2.24) is 0 Å². The topological polar surface area (TPSA) is 21.3 Å². The third-order valence-corrected chi connectivity index (χ3v) is 3.15. The molecular weight excluding hydrogens is 198 g/mol. The normalized spacial score (nSPS) is 20.7. The number of hydrogen-bond donors (Lipinski definition) is 1. The molecule has 0 saturated carbocycles. The van der Waals surface area contributed by atoms with E-state index in [0.717, 1.165) is 26.2 Å². The van der Waals surface area contributed by atoms with Gasteiger partial charge in [0.05, 0.1) is 0 Å². The number of hydrogen-bond acceptors (Lipinski definition) is 2. The summed E-state index contributed by atoms with van der Waals surface area (Å²) in [6.45, 7) is 5.00. The molecule has 0 aliphatic carbocycles. The highest BCUT2D eigenvalue weighted by Crippen LogP contribution is 2.23. The van der Waals surface area contributed by atoms with Crippen LogP contribution in [-0.4, -0.2) is 19.8 Å². The Bertz CT molecular complexity index is 318. The Morgan fingerprint density at radius 3 is 3.00 bits per heavy atom. The highest BCUT2D eigenvalue weighted by atomic mass is 16.5. The average molecular weight is 219 g/mol. The lowest BCUT2D eigenvalue weighted by Crippen LogP contribution is -2.19. The fraction of sp³-hybridized carbons (Fsp3) is 0.571. The van der Waals surface area contributed by atoms with E-state index in [0.29, 0.717) is 5.92 Å². The number of anilines is 1. The van der Waals surface area contributed by atoms with Gasteiger partial charge in [-0.25, -0.2) is 0 Å². The second-order valence-electron chi connectivity index (χ2n) is 4.47. The molecule has 2 heteroatoms. The maximum Gasteiger partial charge on any atom is 0.0497 e. The average Bonchev–Trinajstić information content (AvgIpc) is 2.33. The molecule has 0 radical (unpaired) electrons. The van der Waals surface area contributed by atoms with Crippen molar-refractivity contribution in [2.75, 3.05) is 25.1 Å². The van der Waals surface area contributed by atoms with E-state index in [4.69, 9.17) is 4.74 Å². The van der Waals surface area contributed by atoms with Crippen LogP contribution in [0, 0.1) is 5.92 Å². The first-order valence-electron chi connectivity index (χ1n) is 6.29.